The van der Waals surface area contributed by atoms with Gasteiger partial charge in [-0.05, 0) is 30.7 Å². The van der Waals surface area contributed by atoms with Crippen LogP contribution in [0.1, 0.15) is 34.1 Å². The minimum atomic E-state index is -0.184. The highest BCUT2D eigenvalue weighted by Crippen LogP contribution is 2.22. The number of para-hydroxylation sites is 1. The van der Waals surface area contributed by atoms with Gasteiger partial charge < -0.3 is 4.74 Å². The first-order valence-electron chi connectivity index (χ1n) is 7.57. The number of carbonyl (C=O) groups excluding carboxylic acids is 2. The van der Waals surface area contributed by atoms with Crippen LogP contribution in [0, 0.1) is 0 Å². The van der Waals surface area contributed by atoms with Crippen LogP contribution in [0.3, 0.4) is 0 Å². The molecule has 0 N–H and O–H groups in total. The van der Waals surface area contributed by atoms with Crippen molar-refractivity contribution in [2.75, 3.05) is 6.61 Å². The van der Waals surface area contributed by atoms with Gasteiger partial charge in [0.25, 0.3) is 5.91 Å². The fourth-order valence-corrected chi connectivity index (χ4v) is 2.55. The van der Waals surface area contributed by atoms with E-state index in [9.17, 15) is 9.59 Å². The first kappa shape index (κ1) is 15.0. The molecule has 0 aliphatic rings. The van der Waals surface area contributed by atoms with Gasteiger partial charge in [-0.15, -0.1) is 0 Å². The fourth-order valence-electron chi connectivity index (χ4n) is 2.55. The van der Waals surface area contributed by atoms with Crippen molar-refractivity contribution in [3.05, 3.63) is 65.9 Å². The lowest BCUT2D eigenvalue weighted by molar-refractivity contribution is 0.0964. The molecule has 1 aromatic heterocycles. The molecular weight excluding hydrogens is 290 g/mol. The zero-order valence-electron chi connectivity index (χ0n) is 12.9. The molecule has 0 radical (unpaired) electrons. The van der Waals surface area contributed by atoms with Gasteiger partial charge in [-0.25, -0.2) is 0 Å². The lowest BCUT2D eigenvalue weighted by atomic mass is 10.2. The molecule has 23 heavy (non-hydrogen) atoms. The Hall–Kier alpha value is -2.88. The summed E-state index contributed by atoms with van der Waals surface area (Å²) >= 11 is 0. The molecule has 0 spiro atoms. The minimum Gasteiger partial charge on any atom is -0.494 e. The van der Waals surface area contributed by atoms with E-state index in [0.29, 0.717) is 23.5 Å². The van der Waals surface area contributed by atoms with Crippen LogP contribution in [-0.4, -0.2) is 23.4 Å². The third-order valence-electron chi connectivity index (χ3n) is 3.64. The lowest BCUT2D eigenvalue weighted by Crippen LogP contribution is -2.11. The van der Waals surface area contributed by atoms with Crippen LogP contribution in [0.15, 0.2) is 54.7 Å². The summed E-state index contributed by atoms with van der Waals surface area (Å²) in [6.45, 7) is 2.64. The number of nitrogens with zero attached hydrogens (tertiary/aromatic N) is 1. The van der Waals surface area contributed by atoms with E-state index in [1.165, 1.54) is 4.57 Å². The fraction of sp³-hybridized carbons (Fsp3) is 0.158. The minimum absolute atomic E-state index is 0.184. The molecule has 0 aliphatic heterocycles. The van der Waals surface area contributed by atoms with Crippen molar-refractivity contribution in [3.63, 3.8) is 0 Å². The number of ether oxygens (including phenoxy) is 1. The molecule has 4 heteroatoms. The van der Waals surface area contributed by atoms with Crippen molar-refractivity contribution < 1.29 is 14.3 Å². The number of hydrogen-bond acceptors (Lipinski definition) is 3. The Morgan fingerprint density at radius 1 is 1.17 bits per heavy atom. The smallest absolute Gasteiger partial charge is 0.262 e. The van der Waals surface area contributed by atoms with Gasteiger partial charge >= 0.3 is 0 Å². The summed E-state index contributed by atoms with van der Waals surface area (Å²) in [6, 6.07) is 14.5. The molecule has 0 amide bonds. The number of fused-ring (bicyclic) bond motifs is 1. The first-order valence-corrected chi connectivity index (χ1v) is 7.57. The van der Waals surface area contributed by atoms with Crippen LogP contribution in [0.2, 0.25) is 0 Å². The van der Waals surface area contributed by atoms with Gasteiger partial charge in [-0.3, -0.25) is 14.2 Å². The second kappa shape index (κ2) is 6.48. The average Bonchev–Trinajstić information content (AvgIpc) is 2.98. The van der Waals surface area contributed by atoms with Crippen molar-refractivity contribution in [1.82, 2.24) is 4.57 Å². The van der Waals surface area contributed by atoms with Crippen molar-refractivity contribution in [2.24, 2.45) is 0 Å². The van der Waals surface area contributed by atoms with Crippen LogP contribution in [0.5, 0.6) is 5.75 Å². The maximum atomic E-state index is 12.8. The third-order valence-corrected chi connectivity index (χ3v) is 3.64. The highest BCUT2D eigenvalue weighted by Gasteiger charge is 2.15. The predicted molar refractivity (Wildman–Crippen MR) is 89.3 cm³/mol. The Kier molecular flexibility index (Phi) is 4.24. The largest absolute Gasteiger partial charge is 0.494 e. The quantitative estimate of drug-likeness (QED) is 0.671. The van der Waals surface area contributed by atoms with E-state index < -0.39 is 0 Å². The van der Waals surface area contributed by atoms with Gasteiger partial charge in [-0.1, -0.05) is 31.2 Å². The molecule has 0 aliphatic carbocycles. The van der Waals surface area contributed by atoms with Gasteiger partial charge in [0.2, 0.25) is 0 Å². The Bertz CT molecular complexity index is 864. The van der Waals surface area contributed by atoms with E-state index in [4.69, 9.17) is 4.74 Å². The summed E-state index contributed by atoms with van der Waals surface area (Å²) in [5.41, 5.74) is 1.75. The number of benzene rings is 2. The lowest BCUT2D eigenvalue weighted by Gasteiger charge is -2.08. The normalized spacial score (nSPS) is 10.7. The summed E-state index contributed by atoms with van der Waals surface area (Å²) in [6.07, 6.45) is 3.26. The second-order valence-corrected chi connectivity index (χ2v) is 5.27. The van der Waals surface area contributed by atoms with Crippen molar-refractivity contribution in [3.8, 4) is 5.75 Å². The van der Waals surface area contributed by atoms with Crippen LogP contribution in [0.4, 0.5) is 0 Å². The van der Waals surface area contributed by atoms with Crippen molar-refractivity contribution >= 4 is 23.1 Å². The van der Waals surface area contributed by atoms with Gasteiger partial charge in [0, 0.05) is 22.7 Å². The highest BCUT2D eigenvalue weighted by atomic mass is 16.5. The van der Waals surface area contributed by atoms with Crippen LogP contribution >= 0.6 is 0 Å². The molecule has 3 rings (SSSR count). The monoisotopic (exact) mass is 307 g/mol. The molecule has 0 unspecified atom stereocenters. The van der Waals surface area contributed by atoms with Gasteiger partial charge in [-0.2, -0.15) is 0 Å². The molecular formula is C19H17NO3. The molecule has 4 nitrogen and oxygen atoms in total. The third kappa shape index (κ3) is 2.88. The number of carbonyl (C=O) groups is 2. The summed E-state index contributed by atoms with van der Waals surface area (Å²) in [5.74, 6) is 0.487. The van der Waals surface area contributed by atoms with Gasteiger partial charge in [0.05, 0.1) is 12.1 Å². The van der Waals surface area contributed by atoms with E-state index in [0.717, 1.165) is 23.6 Å². The highest BCUT2D eigenvalue weighted by molar-refractivity contribution is 6.06. The zero-order valence-corrected chi connectivity index (χ0v) is 12.9. The second-order valence-electron chi connectivity index (χ2n) is 5.27. The maximum Gasteiger partial charge on any atom is 0.262 e. The first-order chi connectivity index (χ1) is 11.2. The van der Waals surface area contributed by atoms with Crippen molar-refractivity contribution in [2.45, 2.75) is 13.3 Å². The predicted octanol–water partition coefficient (Wildman–Crippen LogP) is 3.93. The van der Waals surface area contributed by atoms with E-state index in [-0.39, 0.29) is 5.91 Å². The molecule has 0 fully saturated rings. The summed E-state index contributed by atoms with van der Waals surface area (Å²) in [4.78, 5) is 24.0. The topological polar surface area (TPSA) is 48.3 Å². The SMILES string of the molecule is CCCOc1cccc(C(=O)n2cc(C=O)c3ccccc32)c1. The van der Waals surface area contributed by atoms with Gasteiger partial charge in [0.15, 0.2) is 6.29 Å². The van der Waals surface area contributed by atoms with E-state index >= 15 is 0 Å². The summed E-state index contributed by atoms with van der Waals surface area (Å²) in [7, 11) is 0. The molecule has 0 bridgehead atoms. The number of rotatable bonds is 5. The van der Waals surface area contributed by atoms with E-state index in [1.54, 1.807) is 24.4 Å². The number of aromatic nitrogens is 1. The van der Waals surface area contributed by atoms with E-state index in [1.807, 2.05) is 37.3 Å². The molecule has 1 heterocycles. The average molecular weight is 307 g/mol. The number of aldehydes is 1. The molecule has 0 saturated carbocycles. The van der Waals surface area contributed by atoms with E-state index in [2.05, 4.69) is 0 Å². The zero-order chi connectivity index (χ0) is 16.2. The summed E-state index contributed by atoms with van der Waals surface area (Å²) < 4.78 is 7.09. The van der Waals surface area contributed by atoms with Gasteiger partial charge in [0.1, 0.15) is 5.75 Å². The Balaban J connectivity index is 2.02. The Morgan fingerprint density at radius 3 is 2.78 bits per heavy atom. The van der Waals surface area contributed by atoms with Crippen molar-refractivity contribution in [1.29, 1.82) is 0 Å². The molecule has 3 aromatic rings. The molecule has 2 aromatic carbocycles. The Morgan fingerprint density at radius 2 is 2.00 bits per heavy atom. The number of hydrogen-bond donors (Lipinski definition) is 0. The van der Waals surface area contributed by atoms with Crippen LogP contribution in [-0.2, 0) is 0 Å². The molecule has 116 valence electrons. The Labute approximate surface area is 134 Å². The summed E-state index contributed by atoms with van der Waals surface area (Å²) in [5, 5.41) is 0.772. The standard InChI is InChI=1S/C19H17NO3/c1-2-10-23-16-7-5-6-14(11-16)19(22)20-12-15(13-21)17-8-3-4-9-18(17)20/h3-9,11-13H,2,10H2,1H3. The molecule has 0 atom stereocenters. The van der Waals surface area contributed by atoms with Crippen LogP contribution in [0.25, 0.3) is 10.9 Å². The molecule has 0 saturated heterocycles. The maximum absolute atomic E-state index is 12.8. The van der Waals surface area contributed by atoms with Crippen LogP contribution < -0.4 is 4.74 Å².